The van der Waals surface area contributed by atoms with Gasteiger partial charge in [0.2, 0.25) is 0 Å². The summed E-state index contributed by atoms with van der Waals surface area (Å²) >= 11 is 1.44. The first-order valence-corrected chi connectivity index (χ1v) is 11.1. The number of carbonyl (C=O) groups excluding carboxylic acids is 1. The highest BCUT2D eigenvalue weighted by Crippen LogP contribution is 2.31. The van der Waals surface area contributed by atoms with Gasteiger partial charge in [-0.3, -0.25) is 4.79 Å². The third-order valence-electron chi connectivity index (χ3n) is 5.57. The van der Waals surface area contributed by atoms with E-state index in [0.29, 0.717) is 17.4 Å². The maximum Gasteiger partial charge on any atom is 0.272 e. The summed E-state index contributed by atoms with van der Waals surface area (Å²) in [7, 11) is 0. The van der Waals surface area contributed by atoms with Crippen LogP contribution in [0.4, 0.5) is 8.78 Å². The van der Waals surface area contributed by atoms with Gasteiger partial charge in [-0.1, -0.05) is 31.5 Å². The number of amides is 1. The number of thioether (sulfide) groups is 1. The number of alkyl halides is 2. The number of piperidine rings is 1. The van der Waals surface area contributed by atoms with Crippen molar-refractivity contribution in [3.05, 3.63) is 59.4 Å². The molecule has 29 heavy (non-hydrogen) atoms. The standard InChI is InChI=1S/C23H28F2N2OS/c1-4-17-12-11-16(2)27(14-17)22(28)21-10-6-8-19(26-21)15-29-20-9-5-7-18(13-20)23(3,24)25/h5-10,13,16-17H,4,11-12,14-15H2,1-3H3. The first-order chi connectivity index (χ1) is 13.8. The van der Waals surface area contributed by atoms with Crippen LogP contribution in [0.1, 0.15) is 61.8 Å². The molecule has 2 unspecified atom stereocenters. The number of halogens is 2. The van der Waals surface area contributed by atoms with E-state index in [1.54, 1.807) is 12.1 Å². The number of pyridine rings is 1. The molecule has 0 bridgehead atoms. The van der Waals surface area contributed by atoms with Crippen molar-refractivity contribution < 1.29 is 13.6 Å². The fourth-order valence-corrected chi connectivity index (χ4v) is 4.50. The molecule has 1 aromatic heterocycles. The molecule has 1 saturated heterocycles. The first-order valence-electron chi connectivity index (χ1n) is 10.2. The topological polar surface area (TPSA) is 33.2 Å². The van der Waals surface area contributed by atoms with Crippen molar-refractivity contribution in [3.63, 3.8) is 0 Å². The molecule has 0 radical (unpaired) electrons. The number of carbonyl (C=O) groups is 1. The van der Waals surface area contributed by atoms with Gasteiger partial charge in [-0.2, -0.15) is 0 Å². The van der Waals surface area contributed by atoms with Gasteiger partial charge in [-0.25, -0.2) is 13.8 Å². The van der Waals surface area contributed by atoms with Crippen molar-refractivity contribution in [2.75, 3.05) is 6.54 Å². The van der Waals surface area contributed by atoms with Crippen LogP contribution in [0, 0.1) is 5.92 Å². The lowest BCUT2D eigenvalue weighted by molar-refractivity contribution is 0.0172. The molecule has 1 amide bonds. The Labute approximate surface area is 175 Å². The van der Waals surface area contributed by atoms with Crippen LogP contribution in [0.25, 0.3) is 0 Å². The highest BCUT2D eigenvalue weighted by molar-refractivity contribution is 7.98. The van der Waals surface area contributed by atoms with Gasteiger partial charge >= 0.3 is 0 Å². The minimum atomic E-state index is -2.86. The third-order valence-corrected chi connectivity index (χ3v) is 6.60. The van der Waals surface area contributed by atoms with E-state index in [0.717, 1.165) is 36.9 Å². The van der Waals surface area contributed by atoms with Crippen LogP contribution in [0.15, 0.2) is 47.4 Å². The van der Waals surface area contributed by atoms with E-state index in [-0.39, 0.29) is 17.5 Å². The van der Waals surface area contributed by atoms with E-state index in [2.05, 4.69) is 18.8 Å². The second-order valence-corrected chi connectivity index (χ2v) is 8.93. The highest BCUT2D eigenvalue weighted by atomic mass is 32.2. The molecule has 0 N–H and O–H groups in total. The zero-order valence-corrected chi connectivity index (χ0v) is 18.0. The number of benzene rings is 1. The number of hydrogen-bond acceptors (Lipinski definition) is 3. The molecule has 156 valence electrons. The lowest BCUT2D eigenvalue weighted by atomic mass is 9.91. The molecule has 3 nitrogen and oxygen atoms in total. The van der Waals surface area contributed by atoms with E-state index < -0.39 is 5.92 Å². The van der Waals surface area contributed by atoms with E-state index in [1.807, 2.05) is 23.1 Å². The molecule has 3 rings (SSSR count). The fourth-order valence-electron chi connectivity index (χ4n) is 3.64. The van der Waals surface area contributed by atoms with E-state index >= 15 is 0 Å². The van der Waals surface area contributed by atoms with Crippen LogP contribution >= 0.6 is 11.8 Å². The summed E-state index contributed by atoms with van der Waals surface area (Å²) < 4.78 is 27.1. The van der Waals surface area contributed by atoms with Crippen molar-refractivity contribution >= 4 is 17.7 Å². The zero-order chi connectivity index (χ0) is 21.0. The number of rotatable bonds is 6. The molecule has 0 spiro atoms. The number of nitrogens with zero attached hydrogens (tertiary/aromatic N) is 2. The Balaban J connectivity index is 1.69. The Bertz CT molecular complexity index is 853. The normalized spacial score (nSPS) is 20.0. The molecule has 0 aliphatic carbocycles. The molecule has 1 aliphatic heterocycles. The van der Waals surface area contributed by atoms with Crippen molar-refractivity contribution in [1.29, 1.82) is 0 Å². The van der Waals surface area contributed by atoms with Gasteiger partial charge in [0.25, 0.3) is 11.8 Å². The Morgan fingerprint density at radius 2 is 2.00 bits per heavy atom. The summed E-state index contributed by atoms with van der Waals surface area (Å²) in [6.45, 7) is 5.95. The van der Waals surface area contributed by atoms with Gasteiger partial charge in [-0.15, -0.1) is 11.8 Å². The second-order valence-electron chi connectivity index (χ2n) is 7.88. The number of likely N-dealkylation sites (tertiary alicyclic amines) is 1. The summed E-state index contributed by atoms with van der Waals surface area (Å²) in [5.41, 5.74) is 1.23. The quantitative estimate of drug-likeness (QED) is 0.529. The van der Waals surface area contributed by atoms with Crippen LogP contribution in [-0.2, 0) is 11.7 Å². The molecule has 1 aliphatic rings. The molecule has 2 heterocycles. The van der Waals surface area contributed by atoms with Gasteiger partial charge in [0, 0.05) is 35.7 Å². The summed E-state index contributed by atoms with van der Waals surface area (Å²) in [5, 5.41) is 0. The van der Waals surface area contributed by atoms with E-state index in [9.17, 15) is 13.6 Å². The third kappa shape index (κ3) is 5.56. The van der Waals surface area contributed by atoms with Crippen LogP contribution in [0.2, 0.25) is 0 Å². The minimum absolute atomic E-state index is 0.00366. The average molecular weight is 419 g/mol. The first kappa shape index (κ1) is 21.8. The molecule has 6 heteroatoms. The molecule has 2 atom stereocenters. The average Bonchev–Trinajstić information content (AvgIpc) is 2.72. The Kier molecular flexibility index (Phi) is 6.93. The summed E-state index contributed by atoms with van der Waals surface area (Å²) in [6.07, 6.45) is 3.27. The SMILES string of the molecule is CCC1CCC(C)N(C(=O)c2cccc(CSc3cccc(C(C)(F)F)c3)n2)C1. The van der Waals surface area contributed by atoms with Crippen molar-refractivity contribution in [3.8, 4) is 0 Å². The highest BCUT2D eigenvalue weighted by Gasteiger charge is 2.29. The van der Waals surface area contributed by atoms with Gasteiger partial charge in [0.05, 0.1) is 5.69 Å². The zero-order valence-electron chi connectivity index (χ0n) is 17.2. The van der Waals surface area contributed by atoms with Gasteiger partial charge in [0.1, 0.15) is 5.69 Å². The summed E-state index contributed by atoms with van der Waals surface area (Å²) in [5.74, 6) is -1.80. The minimum Gasteiger partial charge on any atom is -0.334 e. The lowest BCUT2D eigenvalue weighted by Gasteiger charge is -2.37. The largest absolute Gasteiger partial charge is 0.334 e. The van der Waals surface area contributed by atoms with Gasteiger partial charge < -0.3 is 4.90 Å². The smallest absolute Gasteiger partial charge is 0.272 e. The predicted molar refractivity (Wildman–Crippen MR) is 113 cm³/mol. The maximum absolute atomic E-state index is 13.5. The van der Waals surface area contributed by atoms with Crippen LogP contribution in [0.5, 0.6) is 0 Å². The molecule has 1 aromatic carbocycles. The van der Waals surface area contributed by atoms with Gasteiger partial charge in [0.15, 0.2) is 0 Å². The molecular formula is C23H28F2N2OS. The number of aromatic nitrogens is 1. The van der Waals surface area contributed by atoms with Crippen LogP contribution < -0.4 is 0 Å². The Morgan fingerprint density at radius 1 is 1.24 bits per heavy atom. The Morgan fingerprint density at radius 3 is 2.72 bits per heavy atom. The van der Waals surface area contributed by atoms with E-state index in [4.69, 9.17) is 0 Å². The molecular weight excluding hydrogens is 390 g/mol. The van der Waals surface area contributed by atoms with E-state index in [1.165, 1.54) is 30.3 Å². The lowest BCUT2D eigenvalue weighted by Crippen LogP contribution is -2.45. The maximum atomic E-state index is 13.5. The fraction of sp³-hybridized carbons (Fsp3) is 0.478. The summed E-state index contributed by atoms with van der Waals surface area (Å²) in [4.78, 5) is 20.3. The molecule has 0 saturated carbocycles. The molecule has 1 fully saturated rings. The molecule has 2 aromatic rings. The van der Waals surface area contributed by atoms with Crippen molar-refractivity contribution in [2.24, 2.45) is 5.92 Å². The summed E-state index contributed by atoms with van der Waals surface area (Å²) in [6, 6.07) is 12.1. The van der Waals surface area contributed by atoms with Gasteiger partial charge in [-0.05, 0) is 49.9 Å². The Hall–Kier alpha value is -1.95. The van der Waals surface area contributed by atoms with Crippen molar-refractivity contribution in [1.82, 2.24) is 9.88 Å². The monoisotopic (exact) mass is 418 g/mol. The van der Waals surface area contributed by atoms with Crippen LogP contribution in [0.3, 0.4) is 0 Å². The number of hydrogen-bond donors (Lipinski definition) is 0. The van der Waals surface area contributed by atoms with Crippen LogP contribution in [-0.4, -0.2) is 28.4 Å². The second kappa shape index (κ2) is 9.24. The predicted octanol–water partition coefficient (Wildman–Crippen LogP) is 6.14. The van der Waals surface area contributed by atoms with Crippen molar-refractivity contribution in [2.45, 2.75) is 62.6 Å².